The number of benzene rings is 1. The van der Waals surface area contributed by atoms with E-state index in [-0.39, 0.29) is 29.2 Å². The summed E-state index contributed by atoms with van der Waals surface area (Å²) in [7, 11) is 0. The number of carbonyl (C=O) groups is 1. The molecular formula is C23H22F2N4O. The third-order valence-corrected chi connectivity index (χ3v) is 4.75. The van der Waals surface area contributed by atoms with Gasteiger partial charge in [-0.25, -0.2) is 13.8 Å². The molecular weight excluding hydrogens is 386 g/mol. The Hall–Kier alpha value is -3.35. The first kappa shape index (κ1) is 19.9. The fourth-order valence-electron chi connectivity index (χ4n) is 3.55. The van der Waals surface area contributed by atoms with Crippen LogP contribution in [0.1, 0.15) is 48.1 Å². The molecule has 0 atom stereocenters. The van der Waals surface area contributed by atoms with E-state index >= 15 is 0 Å². The molecule has 1 aliphatic rings. The number of amides is 1. The second kappa shape index (κ2) is 7.48. The number of nitrogens with one attached hydrogen (secondary N) is 2. The maximum absolute atomic E-state index is 14.3. The molecule has 0 unspecified atom stereocenters. The van der Waals surface area contributed by atoms with E-state index in [2.05, 4.69) is 41.4 Å². The van der Waals surface area contributed by atoms with Crippen molar-refractivity contribution in [2.24, 2.45) is 0 Å². The van der Waals surface area contributed by atoms with Crippen molar-refractivity contribution in [2.75, 3.05) is 5.32 Å². The summed E-state index contributed by atoms with van der Waals surface area (Å²) in [5.74, 6) is -1.62. The molecule has 2 N–H and O–H groups in total. The molecule has 7 heteroatoms. The lowest BCUT2D eigenvalue weighted by Gasteiger charge is -2.21. The number of hydrogen-bond acceptors (Lipinski definition) is 4. The van der Waals surface area contributed by atoms with Crippen molar-refractivity contribution in [3.63, 3.8) is 0 Å². The van der Waals surface area contributed by atoms with Crippen LogP contribution in [0.5, 0.6) is 0 Å². The lowest BCUT2D eigenvalue weighted by Crippen LogP contribution is -2.26. The molecule has 0 radical (unpaired) electrons. The van der Waals surface area contributed by atoms with Crippen molar-refractivity contribution in [3.8, 4) is 11.3 Å². The maximum Gasteiger partial charge on any atom is 0.253 e. The van der Waals surface area contributed by atoms with Crippen LogP contribution in [-0.2, 0) is 13.0 Å². The predicted molar refractivity (Wildman–Crippen MR) is 111 cm³/mol. The Morgan fingerprint density at radius 3 is 2.47 bits per heavy atom. The standard InChI is InChI=1S/C23H22F2N4O/c1-23(2,3)29-15-8-7-14(26-11-15)9-13-10-18(21-16(24)5-4-6-17(21)25)28-19-12-27-22(30)20(13)19/h4-8,10-11,29H,9,12H2,1-3H3,(H,27,30). The summed E-state index contributed by atoms with van der Waals surface area (Å²) < 4.78 is 28.6. The van der Waals surface area contributed by atoms with Gasteiger partial charge in [-0.05, 0) is 56.7 Å². The molecule has 0 bridgehead atoms. The molecule has 5 nitrogen and oxygen atoms in total. The van der Waals surface area contributed by atoms with Gasteiger partial charge in [-0.15, -0.1) is 0 Å². The summed E-state index contributed by atoms with van der Waals surface area (Å²) in [4.78, 5) is 21.2. The fraction of sp³-hybridized carbons (Fsp3) is 0.261. The third kappa shape index (κ3) is 4.01. The minimum absolute atomic E-state index is 0.0913. The first-order valence-corrected chi connectivity index (χ1v) is 9.70. The predicted octanol–water partition coefficient (Wildman–Crippen LogP) is 4.47. The molecule has 0 saturated carbocycles. The van der Waals surface area contributed by atoms with Gasteiger partial charge < -0.3 is 10.6 Å². The molecule has 3 heterocycles. The van der Waals surface area contributed by atoms with Crippen LogP contribution in [0.2, 0.25) is 0 Å². The van der Waals surface area contributed by atoms with Crippen molar-refractivity contribution < 1.29 is 13.6 Å². The number of nitrogens with zero attached hydrogens (tertiary/aromatic N) is 2. The number of halogens is 2. The first-order chi connectivity index (χ1) is 14.2. The quantitative estimate of drug-likeness (QED) is 0.669. The number of pyridine rings is 2. The second-order valence-corrected chi connectivity index (χ2v) is 8.36. The van der Waals surface area contributed by atoms with Crippen LogP contribution in [0.4, 0.5) is 14.5 Å². The van der Waals surface area contributed by atoms with E-state index in [0.29, 0.717) is 23.2 Å². The third-order valence-electron chi connectivity index (χ3n) is 4.75. The minimum Gasteiger partial charge on any atom is -0.379 e. The van der Waals surface area contributed by atoms with E-state index in [1.54, 1.807) is 12.3 Å². The Morgan fingerprint density at radius 2 is 1.83 bits per heavy atom. The smallest absolute Gasteiger partial charge is 0.253 e. The highest BCUT2D eigenvalue weighted by atomic mass is 19.1. The molecule has 0 spiro atoms. The van der Waals surface area contributed by atoms with E-state index in [1.165, 1.54) is 18.2 Å². The zero-order valence-corrected chi connectivity index (χ0v) is 17.0. The number of carbonyl (C=O) groups excluding carboxylic acids is 1. The van der Waals surface area contributed by atoms with Crippen molar-refractivity contribution in [1.82, 2.24) is 15.3 Å². The SMILES string of the molecule is CC(C)(C)Nc1ccc(Cc2cc(-c3c(F)cccc3F)nc3c2C(=O)NC3)nc1. The van der Waals surface area contributed by atoms with Crippen molar-refractivity contribution in [3.05, 3.63) is 76.7 Å². The average Bonchev–Trinajstić information content (AvgIpc) is 3.03. The Morgan fingerprint density at radius 1 is 1.10 bits per heavy atom. The van der Waals surface area contributed by atoms with Gasteiger partial charge in [0.1, 0.15) is 11.6 Å². The first-order valence-electron chi connectivity index (χ1n) is 9.70. The molecule has 30 heavy (non-hydrogen) atoms. The summed E-state index contributed by atoms with van der Waals surface area (Å²) in [5.41, 5.74) is 3.08. The molecule has 154 valence electrons. The average molecular weight is 408 g/mol. The van der Waals surface area contributed by atoms with Crippen LogP contribution < -0.4 is 10.6 Å². The van der Waals surface area contributed by atoms with Gasteiger partial charge >= 0.3 is 0 Å². The van der Waals surface area contributed by atoms with Gasteiger partial charge in [0.15, 0.2) is 0 Å². The molecule has 1 aliphatic heterocycles. The Kier molecular flexibility index (Phi) is 4.97. The van der Waals surface area contributed by atoms with Crippen LogP contribution >= 0.6 is 0 Å². The van der Waals surface area contributed by atoms with Crippen molar-refractivity contribution >= 4 is 11.6 Å². The lowest BCUT2D eigenvalue weighted by molar-refractivity contribution is 0.0965. The Balaban J connectivity index is 1.73. The van der Waals surface area contributed by atoms with E-state index in [4.69, 9.17) is 0 Å². The molecule has 2 aromatic heterocycles. The van der Waals surface area contributed by atoms with Gasteiger partial charge in [-0.3, -0.25) is 9.78 Å². The molecule has 0 aliphatic carbocycles. The van der Waals surface area contributed by atoms with Gasteiger partial charge in [0, 0.05) is 17.7 Å². The van der Waals surface area contributed by atoms with E-state index in [1.807, 2.05) is 12.1 Å². The van der Waals surface area contributed by atoms with Crippen LogP contribution in [0.3, 0.4) is 0 Å². The molecule has 4 rings (SSSR count). The largest absolute Gasteiger partial charge is 0.379 e. The van der Waals surface area contributed by atoms with Gasteiger partial charge in [-0.2, -0.15) is 0 Å². The zero-order chi connectivity index (χ0) is 21.5. The monoisotopic (exact) mass is 408 g/mol. The number of rotatable bonds is 4. The zero-order valence-electron chi connectivity index (χ0n) is 17.0. The molecule has 0 fully saturated rings. The minimum atomic E-state index is -0.693. The van der Waals surface area contributed by atoms with Gasteiger partial charge in [0.2, 0.25) is 0 Å². The molecule has 1 amide bonds. The Labute approximate surface area is 173 Å². The van der Waals surface area contributed by atoms with Crippen LogP contribution in [-0.4, -0.2) is 21.4 Å². The number of aromatic nitrogens is 2. The summed E-state index contributed by atoms with van der Waals surface area (Å²) in [6.07, 6.45) is 2.08. The maximum atomic E-state index is 14.3. The number of fused-ring (bicyclic) bond motifs is 1. The summed E-state index contributed by atoms with van der Waals surface area (Å²) in [6.45, 7) is 6.41. The molecule has 0 saturated heterocycles. The van der Waals surface area contributed by atoms with E-state index in [9.17, 15) is 13.6 Å². The highest BCUT2D eigenvalue weighted by molar-refractivity contribution is 5.99. The van der Waals surface area contributed by atoms with Crippen LogP contribution in [0.15, 0.2) is 42.6 Å². The normalized spacial score (nSPS) is 13.2. The molecule has 3 aromatic rings. The lowest BCUT2D eigenvalue weighted by atomic mass is 9.98. The van der Waals surface area contributed by atoms with Crippen LogP contribution in [0.25, 0.3) is 11.3 Å². The fourth-order valence-corrected chi connectivity index (χ4v) is 3.55. The topological polar surface area (TPSA) is 66.9 Å². The summed E-state index contributed by atoms with van der Waals surface area (Å²) in [5, 5.41) is 6.08. The second-order valence-electron chi connectivity index (χ2n) is 8.36. The highest BCUT2D eigenvalue weighted by Gasteiger charge is 2.27. The van der Waals surface area contributed by atoms with Crippen molar-refractivity contribution in [2.45, 2.75) is 39.3 Å². The summed E-state index contributed by atoms with van der Waals surface area (Å²) in [6, 6.07) is 9.07. The van der Waals surface area contributed by atoms with Gasteiger partial charge in [-0.1, -0.05) is 6.07 Å². The van der Waals surface area contributed by atoms with Crippen molar-refractivity contribution in [1.29, 1.82) is 0 Å². The molecule has 1 aromatic carbocycles. The van der Waals surface area contributed by atoms with Gasteiger partial charge in [0.05, 0.1) is 40.9 Å². The highest BCUT2D eigenvalue weighted by Crippen LogP contribution is 2.30. The summed E-state index contributed by atoms with van der Waals surface area (Å²) >= 11 is 0. The van der Waals surface area contributed by atoms with E-state index in [0.717, 1.165) is 11.4 Å². The Bertz CT molecular complexity index is 1100. The number of hydrogen-bond donors (Lipinski definition) is 2. The van der Waals surface area contributed by atoms with E-state index < -0.39 is 11.6 Å². The van der Waals surface area contributed by atoms with Crippen LogP contribution in [0, 0.1) is 11.6 Å². The number of anilines is 1. The van der Waals surface area contributed by atoms with Gasteiger partial charge in [0.25, 0.3) is 5.91 Å².